The first-order valence-corrected chi connectivity index (χ1v) is 29.8. The third kappa shape index (κ3) is 13.8. The molecular formula is C58H90O28. The highest BCUT2D eigenvalue weighted by atomic mass is 16.8. The van der Waals surface area contributed by atoms with E-state index < -0.39 is 197 Å². The number of hydrogen-bond donors (Lipinski definition) is 13. The van der Waals surface area contributed by atoms with Crippen molar-refractivity contribution in [3.63, 3.8) is 0 Å². The van der Waals surface area contributed by atoms with Crippen LogP contribution in [0, 0.1) is 40.4 Å². The Labute approximate surface area is 497 Å². The molecule has 0 spiro atoms. The van der Waals surface area contributed by atoms with Gasteiger partial charge in [-0.3, -0.25) is 14.4 Å². The molecule has 28 nitrogen and oxygen atoms in total. The molecule has 4 aliphatic carbocycles. The summed E-state index contributed by atoms with van der Waals surface area (Å²) in [6, 6.07) is 0. The van der Waals surface area contributed by atoms with Crippen molar-refractivity contribution in [2.24, 2.45) is 40.4 Å². The molecule has 490 valence electrons. The molecule has 3 saturated carbocycles. The molecule has 0 radical (unpaired) electrons. The minimum atomic E-state index is -2.15. The fourth-order valence-corrected chi connectivity index (χ4v) is 15.2. The Kier molecular flexibility index (Phi) is 22.3. The van der Waals surface area contributed by atoms with Crippen LogP contribution in [-0.4, -0.2) is 258 Å². The molecule has 30 atom stereocenters. The Morgan fingerprint density at radius 1 is 0.593 bits per heavy atom. The molecule has 0 aromatic carbocycles. The van der Waals surface area contributed by atoms with Gasteiger partial charge in [0, 0.05) is 44.6 Å². The molecule has 4 heterocycles. The number of fused-ring (bicyclic) bond motifs is 5. The molecule has 28 heteroatoms. The lowest BCUT2D eigenvalue weighted by molar-refractivity contribution is -0.381. The number of esters is 4. The minimum absolute atomic E-state index is 0.0220. The molecule has 8 aliphatic rings. The van der Waals surface area contributed by atoms with E-state index in [4.69, 9.17) is 52.1 Å². The van der Waals surface area contributed by atoms with Gasteiger partial charge in [-0.15, -0.1) is 0 Å². The van der Waals surface area contributed by atoms with E-state index >= 15 is 0 Å². The van der Waals surface area contributed by atoms with E-state index in [2.05, 4.69) is 19.9 Å². The normalized spacial score (nSPS) is 46.0. The van der Waals surface area contributed by atoms with Gasteiger partial charge in [-0.1, -0.05) is 38.0 Å². The summed E-state index contributed by atoms with van der Waals surface area (Å²) in [6.07, 6.45) is -30.3. The highest BCUT2D eigenvalue weighted by molar-refractivity contribution is 5.88. The van der Waals surface area contributed by atoms with E-state index in [-0.39, 0.29) is 53.4 Å². The fraction of sp³-hybridized carbons (Fsp3) is 0.862. The van der Waals surface area contributed by atoms with Gasteiger partial charge >= 0.3 is 23.9 Å². The molecule has 30 unspecified atom stereocenters. The predicted molar refractivity (Wildman–Crippen MR) is 287 cm³/mol. The lowest BCUT2D eigenvalue weighted by atomic mass is 9.46. The van der Waals surface area contributed by atoms with E-state index in [9.17, 15) is 85.6 Å². The zero-order valence-electron chi connectivity index (χ0n) is 49.7. The van der Waals surface area contributed by atoms with Gasteiger partial charge in [0.2, 0.25) is 6.29 Å². The molecular weight excluding hydrogens is 1140 g/mol. The van der Waals surface area contributed by atoms with Crippen molar-refractivity contribution >= 4 is 23.9 Å². The summed E-state index contributed by atoms with van der Waals surface area (Å²) in [5.74, 6) is -2.81. The summed E-state index contributed by atoms with van der Waals surface area (Å²) >= 11 is 0. The zero-order valence-corrected chi connectivity index (χ0v) is 49.7. The van der Waals surface area contributed by atoms with Crippen molar-refractivity contribution in [1.29, 1.82) is 0 Å². The van der Waals surface area contributed by atoms with Crippen molar-refractivity contribution in [2.45, 2.75) is 248 Å². The van der Waals surface area contributed by atoms with Crippen LogP contribution in [0.2, 0.25) is 0 Å². The topological polar surface area (TPSA) is 433 Å². The molecule has 0 aromatic heterocycles. The standard InChI is InChI=1S/C58H90O28/c1-22(15-34(78-27(6)63)24(3)31-11-12-32-30-10-9-28-16-29(79-53-47(72)43(68)40(65)35(18-59)80-53)17-39(64)58(28,8)33(30)13-14-57(31,32)7)23(2)52(75)86-56-51(45(70)42(67)37(82-56)20-76-25(4)61)85-55-49(74)46(71)50(38(83-55)21-77-26(5)62)84-54-48(73)44(69)41(66)36(19-60)81-54/h9,24,29-51,53-56,59-60,64-74H,10-21H2,1-8H3. The van der Waals surface area contributed by atoms with Crippen LogP contribution in [0.25, 0.3) is 0 Å². The number of allylic oxidation sites excluding steroid dienone is 1. The molecule has 0 bridgehead atoms. The van der Waals surface area contributed by atoms with Gasteiger partial charge in [0.1, 0.15) is 111 Å². The van der Waals surface area contributed by atoms with Crippen LogP contribution >= 0.6 is 0 Å². The number of ether oxygens (including phenoxy) is 11. The van der Waals surface area contributed by atoms with Crippen molar-refractivity contribution in [1.82, 2.24) is 0 Å². The van der Waals surface area contributed by atoms with Crippen LogP contribution in [0.1, 0.15) is 107 Å². The second kappa shape index (κ2) is 28.0. The quantitative estimate of drug-likeness (QED) is 0.0268. The highest BCUT2D eigenvalue weighted by Gasteiger charge is 2.63. The number of carbonyl (C=O) groups excluding carboxylic acids is 4. The average Bonchev–Trinajstić information content (AvgIpc) is 1.30. The first-order chi connectivity index (χ1) is 40.5. The summed E-state index contributed by atoms with van der Waals surface area (Å²) in [5.41, 5.74) is 0.700. The van der Waals surface area contributed by atoms with Gasteiger partial charge in [0.15, 0.2) is 25.0 Å². The van der Waals surface area contributed by atoms with Gasteiger partial charge in [0.05, 0.1) is 25.4 Å². The largest absolute Gasteiger partial charge is 0.463 e. The number of rotatable bonds is 19. The Bertz CT molecular complexity index is 2420. The first-order valence-electron chi connectivity index (χ1n) is 29.8. The van der Waals surface area contributed by atoms with E-state index in [0.717, 1.165) is 51.5 Å². The zero-order chi connectivity index (χ0) is 63.2. The third-order valence-electron chi connectivity index (χ3n) is 20.2. The minimum Gasteiger partial charge on any atom is -0.463 e. The second-order valence-corrected chi connectivity index (χ2v) is 25.3. The van der Waals surface area contributed by atoms with Gasteiger partial charge < -0.3 is 118 Å². The molecule has 0 aromatic rings. The Morgan fingerprint density at radius 2 is 1.10 bits per heavy atom. The van der Waals surface area contributed by atoms with Crippen LogP contribution in [0.4, 0.5) is 0 Å². The second-order valence-electron chi connectivity index (χ2n) is 25.3. The van der Waals surface area contributed by atoms with Gasteiger partial charge in [0.25, 0.3) is 0 Å². The number of carbonyl (C=O) groups is 4. The van der Waals surface area contributed by atoms with Crippen LogP contribution in [0.3, 0.4) is 0 Å². The first kappa shape index (κ1) is 68.5. The van der Waals surface area contributed by atoms with Gasteiger partial charge in [-0.2, -0.15) is 0 Å². The Morgan fingerprint density at radius 3 is 1.67 bits per heavy atom. The molecule has 8 rings (SSSR count). The highest BCUT2D eigenvalue weighted by Crippen LogP contribution is 2.67. The molecule has 4 saturated heterocycles. The maximum absolute atomic E-state index is 14.3. The predicted octanol–water partition coefficient (Wildman–Crippen LogP) is -2.85. The average molecular weight is 1240 g/mol. The van der Waals surface area contributed by atoms with E-state index in [1.807, 2.05) is 6.92 Å². The number of hydrogen-bond acceptors (Lipinski definition) is 28. The summed E-state index contributed by atoms with van der Waals surface area (Å²) in [6.45, 7) is 10.2. The van der Waals surface area contributed by atoms with Crippen LogP contribution in [0.5, 0.6) is 0 Å². The van der Waals surface area contributed by atoms with Crippen molar-refractivity contribution in [2.75, 3.05) is 26.4 Å². The Balaban J connectivity index is 0.964. The molecule has 86 heavy (non-hydrogen) atoms. The summed E-state index contributed by atoms with van der Waals surface area (Å²) in [4.78, 5) is 51.1. The summed E-state index contributed by atoms with van der Waals surface area (Å²) in [7, 11) is 0. The smallest absolute Gasteiger partial charge is 0.336 e. The van der Waals surface area contributed by atoms with Crippen molar-refractivity contribution < 1.29 is 138 Å². The van der Waals surface area contributed by atoms with Crippen molar-refractivity contribution in [3.05, 3.63) is 22.8 Å². The summed E-state index contributed by atoms with van der Waals surface area (Å²) < 4.78 is 62.9. The van der Waals surface area contributed by atoms with Crippen LogP contribution in [-0.2, 0) is 71.3 Å². The lowest BCUT2D eigenvalue weighted by Gasteiger charge is -2.60. The van der Waals surface area contributed by atoms with Gasteiger partial charge in [-0.05, 0) is 87.4 Å². The Hall–Kier alpha value is -3.44. The van der Waals surface area contributed by atoms with E-state index in [1.165, 1.54) is 13.8 Å². The third-order valence-corrected chi connectivity index (χ3v) is 20.2. The van der Waals surface area contributed by atoms with Gasteiger partial charge in [-0.25, -0.2) is 4.79 Å². The van der Waals surface area contributed by atoms with Crippen LogP contribution < -0.4 is 0 Å². The van der Waals surface area contributed by atoms with Crippen LogP contribution in [0.15, 0.2) is 22.8 Å². The van der Waals surface area contributed by atoms with E-state index in [1.54, 1.807) is 6.92 Å². The molecule has 4 aliphatic heterocycles. The monoisotopic (exact) mass is 1230 g/mol. The van der Waals surface area contributed by atoms with E-state index in [0.29, 0.717) is 12.0 Å². The van der Waals surface area contributed by atoms with Crippen molar-refractivity contribution in [3.8, 4) is 0 Å². The molecule has 0 amide bonds. The number of aliphatic hydroxyl groups excluding tert-OH is 13. The maximum atomic E-state index is 14.3. The SMILES string of the molecule is CC(=O)OCC1OC(OC(=O)C(C)=C(C)CC(OC(C)=O)C(C)C2CCC3C4CC=C5CC(OC6OC(CO)C(O)C(O)C6O)CC(O)C5(C)C4CCC23C)C(OC2OC(COC(C)=O)C(OC3OC(CO)C(O)C(O)C3O)C(O)C2O)C(O)C1O. The number of aliphatic hydroxyl groups is 13. The summed E-state index contributed by atoms with van der Waals surface area (Å²) in [5, 5.41) is 140. The fourth-order valence-electron chi connectivity index (χ4n) is 15.2. The lowest BCUT2D eigenvalue weighted by Crippen LogP contribution is -2.66. The maximum Gasteiger partial charge on any atom is 0.336 e. The molecule has 13 N–H and O–H groups in total. The molecule has 7 fully saturated rings.